The van der Waals surface area contributed by atoms with Crippen molar-refractivity contribution in [2.24, 2.45) is 7.05 Å². The molecule has 2 aromatic heterocycles. The fraction of sp³-hybridized carbons (Fsp3) is 0.250. The minimum atomic E-state index is -0.194. The van der Waals surface area contributed by atoms with Gasteiger partial charge in [-0.3, -0.25) is 9.48 Å². The highest BCUT2D eigenvalue weighted by atomic mass is 35.5. The summed E-state index contributed by atoms with van der Waals surface area (Å²) in [5.41, 5.74) is 5.44. The Morgan fingerprint density at radius 1 is 1.15 bits per heavy atom. The van der Waals surface area contributed by atoms with Crippen LogP contribution in [0.25, 0.3) is 11.8 Å². The summed E-state index contributed by atoms with van der Waals surface area (Å²) in [5.74, 6) is -0.194. The SMILES string of the molecule is Cc1nn(C)c(Cl)c1/C=C/C(=O)NCc1c(C)nn(-c2ccccc2)c1C. The number of amides is 1. The third-order valence-corrected chi connectivity index (χ3v) is 4.93. The van der Waals surface area contributed by atoms with E-state index in [0.717, 1.165) is 33.9 Å². The Kier molecular flexibility index (Phi) is 5.46. The lowest BCUT2D eigenvalue weighted by Crippen LogP contribution is -2.21. The molecule has 140 valence electrons. The molecule has 0 radical (unpaired) electrons. The molecular formula is C20H22ClN5O. The summed E-state index contributed by atoms with van der Waals surface area (Å²) in [5, 5.41) is 12.2. The molecule has 0 saturated heterocycles. The summed E-state index contributed by atoms with van der Waals surface area (Å²) in [7, 11) is 1.77. The Balaban J connectivity index is 1.71. The van der Waals surface area contributed by atoms with Crippen molar-refractivity contribution < 1.29 is 4.79 Å². The predicted molar refractivity (Wildman–Crippen MR) is 107 cm³/mol. The summed E-state index contributed by atoms with van der Waals surface area (Å²) in [6.45, 7) is 6.22. The third kappa shape index (κ3) is 3.95. The van der Waals surface area contributed by atoms with Crippen LogP contribution in [0.5, 0.6) is 0 Å². The molecule has 3 aromatic rings. The van der Waals surface area contributed by atoms with Crippen molar-refractivity contribution in [3.05, 3.63) is 69.8 Å². The fourth-order valence-electron chi connectivity index (χ4n) is 2.98. The van der Waals surface area contributed by atoms with Crippen molar-refractivity contribution in [3.63, 3.8) is 0 Å². The van der Waals surface area contributed by atoms with Crippen LogP contribution >= 0.6 is 11.6 Å². The van der Waals surface area contributed by atoms with Gasteiger partial charge in [0.15, 0.2) is 0 Å². The molecule has 0 unspecified atom stereocenters. The third-order valence-electron chi connectivity index (χ3n) is 4.48. The Bertz CT molecular complexity index is 1000. The monoisotopic (exact) mass is 383 g/mol. The lowest BCUT2D eigenvalue weighted by molar-refractivity contribution is -0.116. The van der Waals surface area contributed by atoms with Crippen LogP contribution in [0.3, 0.4) is 0 Å². The van der Waals surface area contributed by atoms with Crippen LogP contribution in [0.4, 0.5) is 0 Å². The van der Waals surface area contributed by atoms with Crippen molar-refractivity contribution in [2.45, 2.75) is 27.3 Å². The van der Waals surface area contributed by atoms with Gasteiger partial charge in [-0.05, 0) is 39.0 Å². The first kappa shape index (κ1) is 18.9. The second-order valence-corrected chi connectivity index (χ2v) is 6.72. The van der Waals surface area contributed by atoms with E-state index in [1.807, 2.05) is 55.8 Å². The van der Waals surface area contributed by atoms with Gasteiger partial charge in [0.05, 0.1) is 17.1 Å². The Morgan fingerprint density at radius 2 is 1.85 bits per heavy atom. The number of hydrogen-bond donors (Lipinski definition) is 1. The van der Waals surface area contributed by atoms with Gasteiger partial charge in [-0.25, -0.2) is 4.68 Å². The lowest BCUT2D eigenvalue weighted by Gasteiger charge is -2.06. The number of benzene rings is 1. The number of nitrogens with one attached hydrogen (secondary N) is 1. The van der Waals surface area contributed by atoms with E-state index in [1.165, 1.54) is 6.08 Å². The van der Waals surface area contributed by atoms with E-state index in [-0.39, 0.29) is 5.91 Å². The molecule has 7 heteroatoms. The van der Waals surface area contributed by atoms with Gasteiger partial charge in [0, 0.05) is 36.5 Å². The minimum Gasteiger partial charge on any atom is -0.348 e. The maximum absolute atomic E-state index is 12.2. The van der Waals surface area contributed by atoms with Crippen molar-refractivity contribution in [3.8, 4) is 5.69 Å². The average Bonchev–Trinajstić information content (AvgIpc) is 3.07. The molecule has 0 fully saturated rings. The molecule has 0 spiro atoms. The standard InChI is InChI=1S/C20H22ClN5O/c1-13-17(20(21)25(4)23-13)10-11-19(27)22-12-18-14(2)24-26(15(18)3)16-8-6-5-7-9-16/h5-11H,12H2,1-4H3,(H,22,27)/b11-10+. The largest absolute Gasteiger partial charge is 0.348 e. The van der Waals surface area contributed by atoms with Crippen LogP contribution in [-0.4, -0.2) is 25.5 Å². The second-order valence-electron chi connectivity index (χ2n) is 6.36. The Morgan fingerprint density at radius 3 is 2.48 bits per heavy atom. The highest BCUT2D eigenvalue weighted by molar-refractivity contribution is 6.31. The first-order valence-corrected chi connectivity index (χ1v) is 9.01. The number of halogens is 1. The first-order valence-electron chi connectivity index (χ1n) is 8.64. The molecule has 0 atom stereocenters. The molecule has 1 aromatic carbocycles. The quantitative estimate of drug-likeness (QED) is 0.685. The number of carbonyl (C=O) groups excluding carboxylic acids is 1. The summed E-state index contributed by atoms with van der Waals surface area (Å²) in [6.07, 6.45) is 3.16. The van der Waals surface area contributed by atoms with E-state index in [9.17, 15) is 4.79 Å². The number of rotatable bonds is 5. The number of hydrogen-bond acceptors (Lipinski definition) is 3. The van der Waals surface area contributed by atoms with Crippen LogP contribution < -0.4 is 5.32 Å². The van der Waals surface area contributed by atoms with E-state index in [2.05, 4.69) is 15.5 Å². The average molecular weight is 384 g/mol. The maximum Gasteiger partial charge on any atom is 0.244 e. The van der Waals surface area contributed by atoms with Crippen LogP contribution in [0, 0.1) is 20.8 Å². The van der Waals surface area contributed by atoms with Crippen molar-refractivity contribution in [1.82, 2.24) is 24.9 Å². The van der Waals surface area contributed by atoms with Gasteiger partial charge in [-0.15, -0.1) is 0 Å². The van der Waals surface area contributed by atoms with Crippen LogP contribution in [0.1, 0.15) is 28.2 Å². The molecular weight excluding hydrogens is 362 g/mol. The molecule has 0 bridgehead atoms. The maximum atomic E-state index is 12.2. The van der Waals surface area contributed by atoms with Crippen molar-refractivity contribution >= 4 is 23.6 Å². The van der Waals surface area contributed by atoms with Gasteiger partial charge in [-0.1, -0.05) is 29.8 Å². The molecule has 0 saturated carbocycles. The zero-order chi connectivity index (χ0) is 19.6. The number of aryl methyl sites for hydroxylation is 3. The molecule has 27 heavy (non-hydrogen) atoms. The van der Waals surface area contributed by atoms with Crippen LogP contribution in [0.2, 0.25) is 5.15 Å². The van der Waals surface area contributed by atoms with Gasteiger partial charge in [0.25, 0.3) is 0 Å². The first-order chi connectivity index (χ1) is 12.9. The summed E-state index contributed by atoms with van der Waals surface area (Å²) in [4.78, 5) is 12.2. The van der Waals surface area contributed by atoms with Gasteiger partial charge in [0.2, 0.25) is 5.91 Å². The molecule has 1 amide bonds. The van der Waals surface area contributed by atoms with Crippen molar-refractivity contribution in [1.29, 1.82) is 0 Å². The van der Waals surface area contributed by atoms with E-state index in [4.69, 9.17) is 11.6 Å². The molecule has 0 aliphatic carbocycles. The molecule has 0 aliphatic rings. The number of carbonyl (C=O) groups is 1. The Labute approximate surface area is 163 Å². The minimum absolute atomic E-state index is 0.194. The second kappa shape index (κ2) is 7.80. The predicted octanol–water partition coefficient (Wildman–Crippen LogP) is 3.51. The summed E-state index contributed by atoms with van der Waals surface area (Å²) >= 11 is 6.18. The van der Waals surface area contributed by atoms with E-state index in [0.29, 0.717) is 11.7 Å². The number of para-hydroxylation sites is 1. The highest BCUT2D eigenvalue weighted by Crippen LogP contribution is 2.20. The van der Waals surface area contributed by atoms with Crippen LogP contribution in [-0.2, 0) is 18.4 Å². The highest BCUT2D eigenvalue weighted by Gasteiger charge is 2.13. The molecule has 2 heterocycles. The van der Waals surface area contributed by atoms with Gasteiger partial charge in [0.1, 0.15) is 5.15 Å². The van der Waals surface area contributed by atoms with E-state index in [1.54, 1.807) is 17.8 Å². The normalized spacial score (nSPS) is 11.3. The number of aromatic nitrogens is 4. The zero-order valence-electron chi connectivity index (χ0n) is 15.8. The lowest BCUT2D eigenvalue weighted by atomic mass is 10.2. The van der Waals surface area contributed by atoms with E-state index < -0.39 is 0 Å². The molecule has 1 N–H and O–H groups in total. The summed E-state index contributed by atoms with van der Waals surface area (Å²) < 4.78 is 3.48. The molecule has 0 aliphatic heterocycles. The number of nitrogens with zero attached hydrogens (tertiary/aromatic N) is 4. The van der Waals surface area contributed by atoms with Crippen molar-refractivity contribution in [2.75, 3.05) is 0 Å². The molecule has 6 nitrogen and oxygen atoms in total. The van der Waals surface area contributed by atoms with Gasteiger partial charge in [-0.2, -0.15) is 10.2 Å². The van der Waals surface area contributed by atoms with Crippen LogP contribution in [0.15, 0.2) is 36.4 Å². The molecule has 3 rings (SSSR count). The smallest absolute Gasteiger partial charge is 0.244 e. The van der Waals surface area contributed by atoms with E-state index >= 15 is 0 Å². The van der Waals surface area contributed by atoms with Gasteiger partial charge >= 0.3 is 0 Å². The Hall–Kier alpha value is -2.86. The van der Waals surface area contributed by atoms with Gasteiger partial charge < -0.3 is 5.32 Å². The zero-order valence-corrected chi connectivity index (χ0v) is 16.6. The fourth-order valence-corrected chi connectivity index (χ4v) is 3.22. The summed E-state index contributed by atoms with van der Waals surface area (Å²) in [6, 6.07) is 9.93. The topological polar surface area (TPSA) is 64.7 Å².